The molecule has 3 aromatic heterocycles. The van der Waals surface area contributed by atoms with Crippen molar-refractivity contribution in [1.29, 1.82) is 0 Å². The van der Waals surface area contributed by atoms with Crippen LogP contribution in [0, 0.1) is 13.8 Å². The molecule has 1 unspecified atom stereocenters. The summed E-state index contributed by atoms with van der Waals surface area (Å²) in [7, 11) is 0. The highest BCUT2D eigenvalue weighted by Gasteiger charge is 2.27. The van der Waals surface area contributed by atoms with Crippen LogP contribution in [0.25, 0.3) is 0 Å². The van der Waals surface area contributed by atoms with E-state index < -0.39 is 0 Å². The summed E-state index contributed by atoms with van der Waals surface area (Å²) in [5, 5.41) is 3.04. The highest BCUT2D eigenvalue weighted by atomic mass is 16.3. The number of amides is 1. The first-order valence-electron chi connectivity index (χ1n) is 12.9. The Morgan fingerprint density at radius 1 is 1.08 bits per heavy atom. The third kappa shape index (κ3) is 5.94. The molecule has 37 heavy (non-hydrogen) atoms. The second kappa shape index (κ2) is 11.5. The van der Waals surface area contributed by atoms with Gasteiger partial charge in [0.05, 0.1) is 29.2 Å². The Hall–Kier alpha value is -3.84. The van der Waals surface area contributed by atoms with E-state index in [1.807, 2.05) is 32.2 Å². The highest BCUT2D eigenvalue weighted by Crippen LogP contribution is 2.34. The van der Waals surface area contributed by atoms with Gasteiger partial charge in [0, 0.05) is 38.4 Å². The first kappa shape index (κ1) is 24.8. The molecule has 190 valence electrons. The summed E-state index contributed by atoms with van der Waals surface area (Å²) in [5.74, 6) is 0.807. The minimum atomic E-state index is -0.0887. The molecule has 0 saturated heterocycles. The summed E-state index contributed by atoms with van der Waals surface area (Å²) < 4.78 is 5.51. The largest absolute Gasteiger partial charge is 0.448 e. The minimum Gasteiger partial charge on any atom is -0.448 e. The first-order chi connectivity index (χ1) is 18.1. The number of hydrogen-bond acceptors (Lipinski definition) is 6. The van der Waals surface area contributed by atoms with Gasteiger partial charge in [-0.1, -0.05) is 30.3 Å². The summed E-state index contributed by atoms with van der Waals surface area (Å²) in [6.45, 7) is 5.95. The van der Waals surface area contributed by atoms with Gasteiger partial charge in [-0.25, -0.2) is 4.98 Å². The van der Waals surface area contributed by atoms with E-state index in [1.165, 1.54) is 23.2 Å². The van der Waals surface area contributed by atoms with Gasteiger partial charge in [-0.05, 0) is 67.5 Å². The van der Waals surface area contributed by atoms with Gasteiger partial charge in [-0.15, -0.1) is 0 Å². The van der Waals surface area contributed by atoms with Crippen molar-refractivity contribution >= 4 is 5.91 Å². The van der Waals surface area contributed by atoms with Crippen LogP contribution in [0.2, 0.25) is 0 Å². The fourth-order valence-electron chi connectivity index (χ4n) is 5.21. The van der Waals surface area contributed by atoms with Crippen LogP contribution >= 0.6 is 0 Å². The van der Waals surface area contributed by atoms with Crippen LogP contribution in [-0.4, -0.2) is 32.3 Å². The van der Waals surface area contributed by atoms with Gasteiger partial charge >= 0.3 is 0 Å². The number of oxazole rings is 1. The van der Waals surface area contributed by atoms with Gasteiger partial charge in [0.1, 0.15) is 5.76 Å². The molecule has 0 bridgehead atoms. The Balaban J connectivity index is 1.27. The van der Waals surface area contributed by atoms with Crippen LogP contribution in [0.4, 0.5) is 0 Å². The molecule has 0 saturated carbocycles. The zero-order valence-corrected chi connectivity index (χ0v) is 21.5. The highest BCUT2D eigenvalue weighted by molar-refractivity contribution is 5.96. The van der Waals surface area contributed by atoms with Crippen LogP contribution in [-0.2, 0) is 25.9 Å². The second-order valence-electron chi connectivity index (χ2n) is 9.73. The molecule has 1 amide bonds. The molecule has 4 aromatic rings. The number of benzene rings is 1. The van der Waals surface area contributed by atoms with E-state index in [1.54, 1.807) is 12.4 Å². The third-order valence-corrected chi connectivity index (χ3v) is 7.17. The van der Waals surface area contributed by atoms with Gasteiger partial charge in [-0.2, -0.15) is 0 Å². The molecule has 7 nitrogen and oxygen atoms in total. The number of fused-ring (bicyclic) bond motifs is 1. The molecule has 1 aliphatic carbocycles. The Morgan fingerprint density at radius 3 is 2.70 bits per heavy atom. The quantitative estimate of drug-likeness (QED) is 0.346. The molecular formula is C30H33N5O2. The molecule has 3 heterocycles. The van der Waals surface area contributed by atoms with E-state index in [0.717, 1.165) is 61.4 Å². The fraction of sp³-hybridized carbons (Fsp3) is 0.333. The summed E-state index contributed by atoms with van der Waals surface area (Å²) >= 11 is 0. The predicted octanol–water partition coefficient (Wildman–Crippen LogP) is 5.13. The lowest BCUT2D eigenvalue weighted by Gasteiger charge is -2.35. The van der Waals surface area contributed by atoms with Gasteiger partial charge in [0.15, 0.2) is 6.39 Å². The van der Waals surface area contributed by atoms with E-state index in [0.29, 0.717) is 12.1 Å². The lowest BCUT2D eigenvalue weighted by Crippen LogP contribution is -2.33. The van der Waals surface area contributed by atoms with Gasteiger partial charge in [0.2, 0.25) is 0 Å². The number of rotatable bonds is 9. The molecule has 5 rings (SSSR count). The van der Waals surface area contributed by atoms with Crippen molar-refractivity contribution in [1.82, 2.24) is 25.2 Å². The van der Waals surface area contributed by atoms with Crippen molar-refractivity contribution < 1.29 is 9.21 Å². The molecule has 7 heteroatoms. The standard InChI is InChI=1S/C30H33N5O2/c1-21-12-15-32-22(2)28(21)30(36)34-17-23-8-10-24(11-9-23)19-35(16-13-26-18-31-20-37-26)27-7-3-5-25-6-4-14-33-29(25)27/h4,6,8-12,14-15,18,20,27H,3,5,7,13,16-17,19H2,1-2H3,(H,34,36). The molecule has 0 spiro atoms. The van der Waals surface area contributed by atoms with Crippen molar-refractivity contribution in [3.63, 3.8) is 0 Å². The SMILES string of the molecule is Cc1ccnc(C)c1C(=O)NCc1ccc(CN(CCc2cnco2)C2CCCc3cccnc32)cc1. The summed E-state index contributed by atoms with van der Waals surface area (Å²) in [6, 6.07) is 14.9. The van der Waals surface area contributed by atoms with E-state index in [9.17, 15) is 4.79 Å². The first-order valence-corrected chi connectivity index (χ1v) is 12.9. The fourth-order valence-corrected chi connectivity index (χ4v) is 5.21. The van der Waals surface area contributed by atoms with Crippen molar-refractivity contribution in [2.75, 3.05) is 6.54 Å². The van der Waals surface area contributed by atoms with Crippen molar-refractivity contribution in [2.24, 2.45) is 0 Å². The van der Waals surface area contributed by atoms with Crippen LogP contribution < -0.4 is 5.32 Å². The normalized spacial score (nSPS) is 14.9. The monoisotopic (exact) mass is 495 g/mol. The summed E-state index contributed by atoms with van der Waals surface area (Å²) in [5.41, 5.74) is 7.19. The molecule has 0 radical (unpaired) electrons. The molecule has 0 fully saturated rings. The second-order valence-corrected chi connectivity index (χ2v) is 9.73. The van der Waals surface area contributed by atoms with E-state index in [-0.39, 0.29) is 11.9 Å². The van der Waals surface area contributed by atoms with Gasteiger partial charge in [0.25, 0.3) is 5.91 Å². The topological polar surface area (TPSA) is 84.2 Å². The van der Waals surface area contributed by atoms with Crippen LogP contribution in [0.1, 0.15) is 68.6 Å². The predicted molar refractivity (Wildman–Crippen MR) is 142 cm³/mol. The minimum absolute atomic E-state index is 0.0887. The van der Waals surface area contributed by atoms with Crippen molar-refractivity contribution in [3.8, 4) is 0 Å². The van der Waals surface area contributed by atoms with E-state index in [2.05, 4.69) is 50.5 Å². The van der Waals surface area contributed by atoms with Crippen molar-refractivity contribution in [2.45, 2.75) is 58.7 Å². The summed E-state index contributed by atoms with van der Waals surface area (Å²) in [4.78, 5) is 28.4. The molecule has 0 aliphatic heterocycles. The average Bonchev–Trinajstić information content (AvgIpc) is 3.44. The zero-order chi connectivity index (χ0) is 25.6. The lowest BCUT2D eigenvalue weighted by molar-refractivity contribution is 0.0949. The molecule has 1 aromatic carbocycles. The van der Waals surface area contributed by atoms with E-state index in [4.69, 9.17) is 9.40 Å². The van der Waals surface area contributed by atoms with Gasteiger partial charge < -0.3 is 9.73 Å². The summed E-state index contributed by atoms with van der Waals surface area (Å²) in [6.07, 6.45) is 11.1. The Labute approximate surface area is 218 Å². The number of carbonyl (C=O) groups excluding carboxylic acids is 1. The lowest BCUT2D eigenvalue weighted by atomic mass is 9.90. The number of nitrogens with one attached hydrogen (secondary N) is 1. The van der Waals surface area contributed by atoms with E-state index >= 15 is 0 Å². The molecule has 1 N–H and O–H groups in total. The average molecular weight is 496 g/mol. The van der Waals surface area contributed by atoms with Crippen LogP contribution in [0.15, 0.2) is 71.9 Å². The number of nitrogens with zero attached hydrogens (tertiary/aromatic N) is 4. The smallest absolute Gasteiger partial charge is 0.253 e. The third-order valence-electron chi connectivity index (χ3n) is 7.17. The van der Waals surface area contributed by atoms with Crippen LogP contribution in [0.5, 0.6) is 0 Å². The number of aromatic nitrogens is 3. The maximum absolute atomic E-state index is 12.7. The maximum Gasteiger partial charge on any atom is 0.253 e. The Bertz CT molecular complexity index is 1310. The molecule has 1 atom stereocenters. The number of aryl methyl sites for hydroxylation is 3. The number of pyridine rings is 2. The maximum atomic E-state index is 12.7. The number of carbonyl (C=O) groups is 1. The zero-order valence-electron chi connectivity index (χ0n) is 21.5. The van der Waals surface area contributed by atoms with Crippen LogP contribution in [0.3, 0.4) is 0 Å². The molecule has 1 aliphatic rings. The van der Waals surface area contributed by atoms with Gasteiger partial charge in [-0.3, -0.25) is 19.7 Å². The Morgan fingerprint density at radius 2 is 1.92 bits per heavy atom. The number of hydrogen-bond donors (Lipinski definition) is 1. The Kier molecular flexibility index (Phi) is 7.70. The molecular weight excluding hydrogens is 462 g/mol. The van der Waals surface area contributed by atoms with Crippen molar-refractivity contribution in [3.05, 3.63) is 112 Å².